The van der Waals surface area contributed by atoms with Crippen LogP contribution in [0, 0.1) is 5.41 Å². The van der Waals surface area contributed by atoms with Crippen molar-refractivity contribution in [2.45, 2.75) is 32.6 Å². The fourth-order valence-electron chi connectivity index (χ4n) is 3.22. The van der Waals surface area contributed by atoms with Crippen molar-refractivity contribution in [1.82, 2.24) is 5.43 Å². The average molecular weight is 322 g/mol. The number of hydrogen-bond acceptors (Lipinski definition) is 2. The highest BCUT2D eigenvalue weighted by Gasteiger charge is 2.54. The van der Waals surface area contributed by atoms with Gasteiger partial charge in [0.2, 0.25) is 0 Å². The zero-order valence-corrected chi connectivity index (χ0v) is 13.9. The number of amides is 2. The summed E-state index contributed by atoms with van der Waals surface area (Å²) in [6.07, 6.45) is 2.78. The monoisotopic (exact) mass is 322 g/mol. The molecule has 0 saturated carbocycles. The van der Waals surface area contributed by atoms with E-state index in [1.54, 1.807) is 0 Å². The minimum atomic E-state index is -1.02. The van der Waals surface area contributed by atoms with E-state index in [0.29, 0.717) is 18.5 Å². The van der Waals surface area contributed by atoms with E-state index >= 15 is 0 Å². The van der Waals surface area contributed by atoms with Gasteiger partial charge in [0.15, 0.2) is 0 Å². The molecule has 0 aromatic heterocycles. The Morgan fingerprint density at radius 2 is 1.58 bits per heavy atom. The van der Waals surface area contributed by atoms with Crippen LogP contribution >= 0.6 is 0 Å². The molecular formula is C20H22N2O2. The Bertz CT molecular complexity index is 715. The number of nitrogens with zero attached hydrogens (tertiary/aromatic N) is 1. The maximum absolute atomic E-state index is 13.2. The molecule has 0 aliphatic carbocycles. The third kappa shape index (κ3) is 2.92. The van der Waals surface area contributed by atoms with Crippen LogP contribution in [0.1, 0.15) is 31.7 Å². The normalized spacial score (nSPS) is 20.3. The van der Waals surface area contributed by atoms with E-state index in [1.807, 2.05) is 60.7 Å². The number of para-hydroxylation sites is 1. The van der Waals surface area contributed by atoms with Crippen LogP contribution in [0.4, 0.5) is 5.69 Å². The molecule has 1 unspecified atom stereocenters. The molecule has 2 aromatic carbocycles. The Morgan fingerprint density at radius 1 is 0.958 bits per heavy atom. The number of anilines is 1. The lowest BCUT2D eigenvalue weighted by Crippen LogP contribution is -2.39. The first-order chi connectivity index (χ1) is 11.7. The molecular weight excluding hydrogens is 300 g/mol. The summed E-state index contributed by atoms with van der Waals surface area (Å²) in [5.41, 5.74) is 3.47. The fourth-order valence-corrected chi connectivity index (χ4v) is 3.22. The van der Waals surface area contributed by atoms with Crippen LogP contribution in [0.5, 0.6) is 0 Å². The van der Waals surface area contributed by atoms with E-state index in [2.05, 4.69) is 12.3 Å². The average Bonchev–Trinajstić information content (AvgIpc) is 2.87. The maximum atomic E-state index is 13.2. The SMILES string of the molecule is CCCCC1(Cc2ccccc2)C(=O)NN(c2ccccc2)C1=O. The topological polar surface area (TPSA) is 49.4 Å². The van der Waals surface area contributed by atoms with Crippen molar-refractivity contribution in [2.24, 2.45) is 5.41 Å². The summed E-state index contributed by atoms with van der Waals surface area (Å²) < 4.78 is 0. The number of unbranched alkanes of at least 4 members (excludes halogenated alkanes) is 1. The molecule has 1 saturated heterocycles. The largest absolute Gasteiger partial charge is 0.272 e. The summed E-state index contributed by atoms with van der Waals surface area (Å²) in [5.74, 6) is -0.357. The quantitative estimate of drug-likeness (QED) is 0.828. The first-order valence-electron chi connectivity index (χ1n) is 8.42. The number of carbonyl (C=O) groups is 2. The summed E-state index contributed by atoms with van der Waals surface area (Å²) in [7, 11) is 0. The highest BCUT2D eigenvalue weighted by molar-refractivity contribution is 6.18. The maximum Gasteiger partial charge on any atom is 0.261 e. The third-order valence-electron chi connectivity index (χ3n) is 4.58. The number of hydrogen-bond donors (Lipinski definition) is 1. The van der Waals surface area contributed by atoms with Crippen LogP contribution in [0.25, 0.3) is 0 Å². The van der Waals surface area contributed by atoms with Crippen LogP contribution in [-0.2, 0) is 16.0 Å². The van der Waals surface area contributed by atoms with Gasteiger partial charge < -0.3 is 0 Å². The Hall–Kier alpha value is -2.62. The van der Waals surface area contributed by atoms with Gasteiger partial charge in [-0.3, -0.25) is 15.0 Å². The molecule has 1 heterocycles. The van der Waals surface area contributed by atoms with Gasteiger partial charge in [-0.25, -0.2) is 5.01 Å². The molecule has 1 aliphatic heterocycles. The van der Waals surface area contributed by atoms with E-state index in [1.165, 1.54) is 5.01 Å². The molecule has 4 nitrogen and oxygen atoms in total. The summed E-state index contributed by atoms with van der Waals surface area (Å²) in [6, 6.07) is 19.0. The molecule has 124 valence electrons. The Labute approximate surface area is 142 Å². The van der Waals surface area contributed by atoms with Gasteiger partial charge in [-0.2, -0.15) is 0 Å². The van der Waals surface area contributed by atoms with Gasteiger partial charge in [-0.05, 0) is 30.5 Å². The van der Waals surface area contributed by atoms with Crippen molar-refractivity contribution in [2.75, 3.05) is 5.01 Å². The highest BCUT2D eigenvalue weighted by Crippen LogP contribution is 2.37. The molecule has 1 N–H and O–H groups in total. The first kappa shape index (κ1) is 16.2. The predicted octanol–water partition coefficient (Wildman–Crippen LogP) is 3.48. The molecule has 0 spiro atoms. The van der Waals surface area contributed by atoms with E-state index in [0.717, 1.165) is 18.4 Å². The van der Waals surface area contributed by atoms with Crippen LogP contribution in [-0.4, -0.2) is 11.8 Å². The van der Waals surface area contributed by atoms with Crippen molar-refractivity contribution >= 4 is 17.5 Å². The Morgan fingerprint density at radius 3 is 2.21 bits per heavy atom. The second-order valence-corrected chi connectivity index (χ2v) is 6.27. The molecule has 2 aromatic rings. The fraction of sp³-hybridized carbons (Fsp3) is 0.300. The summed E-state index contributed by atoms with van der Waals surface area (Å²) in [6.45, 7) is 2.07. The number of carbonyl (C=O) groups excluding carboxylic acids is 2. The number of benzene rings is 2. The molecule has 3 rings (SSSR count). The second kappa shape index (κ2) is 6.87. The highest BCUT2D eigenvalue weighted by atomic mass is 16.2. The zero-order valence-electron chi connectivity index (χ0n) is 13.9. The molecule has 1 fully saturated rings. The molecule has 4 heteroatoms. The lowest BCUT2D eigenvalue weighted by atomic mass is 9.76. The van der Waals surface area contributed by atoms with Crippen molar-refractivity contribution in [1.29, 1.82) is 0 Å². The third-order valence-corrected chi connectivity index (χ3v) is 4.58. The van der Waals surface area contributed by atoms with Crippen LogP contribution in [0.3, 0.4) is 0 Å². The smallest absolute Gasteiger partial charge is 0.261 e. The second-order valence-electron chi connectivity index (χ2n) is 6.27. The van der Waals surface area contributed by atoms with E-state index in [4.69, 9.17) is 0 Å². The summed E-state index contributed by atoms with van der Waals surface area (Å²) in [4.78, 5) is 26.0. The molecule has 24 heavy (non-hydrogen) atoms. The van der Waals surface area contributed by atoms with E-state index in [9.17, 15) is 9.59 Å². The van der Waals surface area contributed by atoms with Crippen LogP contribution in [0.15, 0.2) is 60.7 Å². The van der Waals surface area contributed by atoms with Crippen molar-refractivity contribution < 1.29 is 9.59 Å². The molecule has 0 bridgehead atoms. The summed E-state index contributed by atoms with van der Waals surface area (Å²) in [5, 5.41) is 1.40. The van der Waals surface area contributed by atoms with Crippen molar-refractivity contribution in [3.63, 3.8) is 0 Å². The zero-order chi connectivity index (χ0) is 17.0. The molecule has 1 aliphatic rings. The van der Waals surface area contributed by atoms with Gasteiger partial charge in [-0.15, -0.1) is 0 Å². The van der Waals surface area contributed by atoms with Gasteiger partial charge in [0.25, 0.3) is 11.8 Å². The lowest BCUT2D eigenvalue weighted by molar-refractivity contribution is -0.135. The number of rotatable bonds is 6. The van der Waals surface area contributed by atoms with E-state index in [-0.39, 0.29) is 11.8 Å². The van der Waals surface area contributed by atoms with Crippen molar-refractivity contribution in [3.8, 4) is 0 Å². The number of hydrazine groups is 1. The van der Waals surface area contributed by atoms with Gasteiger partial charge in [0.1, 0.15) is 5.41 Å². The van der Waals surface area contributed by atoms with Crippen molar-refractivity contribution in [3.05, 3.63) is 66.2 Å². The van der Waals surface area contributed by atoms with Gasteiger partial charge in [0, 0.05) is 0 Å². The van der Waals surface area contributed by atoms with Gasteiger partial charge >= 0.3 is 0 Å². The lowest BCUT2D eigenvalue weighted by Gasteiger charge is -2.24. The van der Waals surface area contributed by atoms with Gasteiger partial charge in [0.05, 0.1) is 5.69 Å². The van der Waals surface area contributed by atoms with E-state index < -0.39 is 5.41 Å². The van der Waals surface area contributed by atoms with Crippen LogP contribution in [0.2, 0.25) is 0 Å². The number of nitrogens with one attached hydrogen (secondary N) is 1. The molecule has 0 radical (unpaired) electrons. The predicted molar refractivity (Wildman–Crippen MR) is 94.2 cm³/mol. The van der Waals surface area contributed by atoms with Crippen LogP contribution < -0.4 is 10.4 Å². The first-order valence-corrected chi connectivity index (χ1v) is 8.42. The minimum Gasteiger partial charge on any atom is -0.272 e. The standard InChI is InChI=1S/C20H22N2O2/c1-2-3-14-20(15-16-10-6-4-7-11-16)18(23)21-22(19(20)24)17-12-8-5-9-13-17/h4-13H,2-3,14-15H2,1H3,(H,21,23). The van der Waals surface area contributed by atoms with Gasteiger partial charge in [-0.1, -0.05) is 68.3 Å². The minimum absolute atomic E-state index is 0.156. The molecule has 1 atom stereocenters. The molecule has 2 amide bonds. The Balaban J connectivity index is 1.95. The summed E-state index contributed by atoms with van der Waals surface area (Å²) >= 11 is 0. The Kier molecular flexibility index (Phi) is 4.65.